The minimum atomic E-state index is 0.918. The Morgan fingerprint density at radius 1 is 0.703 bits per heavy atom. The molecule has 0 aliphatic heterocycles. The lowest BCUT2D eigenvalue weighted by atomic mass is 10.0. The molecule has 0 bridgehead atoms. The fraction of sp³-hybridized carbons (Fsp3) is 0.0606. The third kappa shape index (κ3) is 2.85. The van der Waals surface area contributed by atoms with Crippen LogP contribution in [0, 0.1) is 6.92 Å². The second-order valence-corrected chi connectivity index (χ2v) is 10.8. The number of rotatable bonds is 2. The number of imidazole rings is 1. The Kier molecular flexibility index (Phi) is 4.23. The molecular weight excluding hydrogens is 472 g/mol. The van der Waals surface area contributed by atoms with E-state index in [0.717, 1.165) is 39.0 Å². The monoisotopic (exact) mass is 495 g/mol. The first kappa shape index (κ1) is 20.7. The largest absolute Gasteiger partial charge is 0.455 e. The highest BCUT2D eigenvalue weighted by atomic mass is 32.1. The van der Waals surface area contributed by atoms with Crippen molar-refractivity contribution >= 4 is 64.5 Å². The van der Waals surface area contributed by atoms with Crippen molar-refractivity contribution in [2.45, 2.75) is 6.92 Å². The van der Waals surface area contributed by atoms with Gasteiger partial charge in [0.1, 0.15) is 16.8 Å². The van der Waals surface area contributed by atoms with Crippen LogP contribution in [0.1, 0.15) is 5.56 Å². The molecule has 37 heavy (non-hydrogen) atoms. The molecule has 0 aliphatic rings. The highest BCUT2D eigenvalue weighted by molar-refractivity contribution is 7.25. The standard InChI is InChI=1S/C33H23N2OS/c1-20-15-17-25-22-9-3-7-13-28(22)36-32(25)31(20)33-34(2)26-11-5-6-12-27(26)35(33)21-16-18-24-23-10-4-8-14-29(23)37-30(24)19-21/h3-19H,1-2H3/q+1. The molecule has 176 valence electrons. The first-order valence-electron chi connectivity index (χ1n) is 12.5. The Bertz CT molecular complexity index is 2180. The van der Waals surface area contributed by atoms with Gasteiger partial charge in [-0.2, -0.15) is 4.57 Å². The minimum Gasteiger partial charge on any atom is -0.455 e. The van der Waals surface area contributed by atoms with E-state index in [2.05, 4.69) is 120 Å². The smallest absolute Gasteiger partial charge is 0.298 e. The van der Waals surface area contributed by atoms with E-state index >= 15 is 0 Å². The first-order chi connectivity index (χ1) is 18.2. The first-order valence-corrected chi connectivity index (χ1v) is 13.3. The molecule has 8 aromatic rings. The lowest BCUT2D eigenvalue weighted by Crippen LogP contribution is -2.30. The molecule has 3 nitrogen and oxygen atoms in total. The van der Waals surface area contributed by atoms with Crippen molar-refractivity contribution in [3.8, 4) is 17.1 Å². The molecule has 0 unspecified atom stereocenters. The highest BCUT2D eigenvalue weighted by Gasteiger charge is 2.30. The van der Waals surface area contributed by atoms with Crippen molar-refractivity contribution in [2.24, 2.45) is 7.05 Å². The van der Waals surface area contributed by atoms with Crippen LogP contribution in [-0.2, 0) is 7.05 Å². The Morgan fingerprint density at radius 2 is 1.43 bits per heavy atom. The van der Waals surface area contributed by atoms with Gasteiger partial charge in [-0.15, -0.1) is 11.3 Å². The molecule has 0 saturated heterocycles. The zero-order chi connectivity index (χ0) is 24.7. The van der Waals surface area contributed by atoms with Gasteiger partial charge in [0, 0.05) is 37.0 Å². The van der Waals surface area contributed by atoms with Gasteiger partial charge in [-0.05, 0) is 48.9 Å². The molecule has 5 aromatic carbocycles. The number of hydrogen-bond donors (Lipinski definition) is 0. The lowest BCUT2D eigenvalue weighted by molar-refractivity contribution is -0.633. The van der Waals surface area contributed by atoms with E-state index in [1.807, 2.05) is 17.4 Å². The van der Waals surface area contributed by atoms with Gasteiger partial charge in [0.05, 0.1) is 7.05 Å². The topological polar surface area (TPSA) is 21.9 Å². The maximum absolute atomic E-state index is 6.55. The summed E-state index contributed by atoms with van der Waals surface area (Å²) in [4.78, 5) is 0. The molecule has 3 heterocycles. The number of hydrogen-bond acceptors (Lipinski definition) is 2. The van der Waals surface area contributed by atoms with Gasteiger partial charge in [0.15, 0.2) is 16.6 Å². The van der Waals surface area contributed by atoms with E-state index in [1.54, 1.807) is 0 Å². The van der Waals surface area contributed by atoms with Crippen molar-refractivity contribution in [1.82, 2.24) is 4.57 Å². The van der Waals surface area contributed by atoms with Gasteiger partial charge < -0.3 is 4.42 Å². The summed E-state index contributed by atoms with van der Waals surface area (Å²) in [6.45, 7) is 2.18. The molecule has 0 aliphatic carbocycles. The molecule has 4 heteroatoms. The molecule has 8 rings (SSSR count). The number of para-hydroxylation sites is 3. The second kappa shape index (κ2) is 7.55. The number of aromatic nitrogens is 2. The van der Waals surface area contributed by atoms with Crippen LogP contribution >= 0.6 is 11.3 Å². The van der Waals surface area contributed by atoms with Gasteiger partial charge in [-0.25, -0.2) is 4.57 Å². The summed E-state index contributed by atoms with van der Waals surface area (Å²) in [7, 11) is 2.16. The third-order valence-electron chi connectivity index (χ3n) is 7.61. The van der Waals surface area contributed by atoms with Crippen molar-refractivity contribution in [3.05, 3.63) is 109 Å². The Morgan fingerprint density at radius 3 is 2.35 bits per heavy atom. The number of benzene rings is 5. The number of aryl methyl sites for hydroxylation is 2. The van der Waals surface area contributed by atoms with Gasteiger partial charge in [-0.3, -0.25) is 0 Å². The molecular formula is C33H23N2OS+. The van der Waals surface area contributed by atoms with Crippen molar-refractivity contribution in [3.63, 3.8) is 0 Å². The van der Waals surface area contributed by atoms with Crippen LogP contribution in [0.15, 0.2) is 108 Å². The van der Waals surface area contributed by atoms with Crippen molar-refractivity contribution in [1.29, 1.82) is 0 Å². The number of furan rings is 1. The predicted octanol–water partition coefficient (Wildman–Crippen LogP) is 8.70. The summed E-state index contributed by atoms with van der Waals surface area (Å²) in [6.07, 6.45) is 0. The Labute approximate surface area is 217 Å². The number of fused-ring (bicyclic) bond motifs is 7. The van der Waals surface area contributed by atoms with Crippen LogP contribution in [0.5, 0.6) is 0 Å². The molecule has 0 fully saturated rings. The van der Waals surface area contributed by atoms with E-state index in [-0.39, 0.29) is 0 Å². The maximum atomic E-state index is 6.55. The third-order valence-corrected chi connectivity index (χ3v) is 8.75. The van der Waals surface area contributed by atoms with Crippen LogP contribution in [0.4, 0.5) is 0 Å². The lowest BCUT2D eigenvalue weighted by Gasteiger charge is -2.07. The second-order valence-electron chi connectivity index (χ2n) is 9.72. The number of thiophene rings is 1. The minimum absolute atomic E-state index is 0.918. The Hall–Kier alpha value is -4.41. The van der Waals surface area contributed by atoms with Gasteiger partial charge >= 0.3 is 0 Å². The van der Waals surface area contributed by atoms with Gasteiger partial charge in [0.2, 0.25) is 0 Å². The average molecular weight is 496 g/mol. The van der Waals surface area contributed by atoms with E-state index in [1.165, 1.54) is 36.8 Å². The normalized spacial score (nSPS) is 12.1. The van der Waals surface area contributed by atoms with Crippen molar-refractivity contribution < 1.29 is 8.98 Å². The summed E-state index contributed by atoms with van der Waals surface area (Å²) in [5.41, 5.74) is 7.68. The molecule has 0 spiro atoms. The van der Waals surface area contributed by atoms with E-state index < -0.39 is 0 Å². The van der Waals surface area contributed by atoms with Crippen LogP contribution in [0.25, 0.3) is 70.2 Å². The molecule has 0 N–H and O–H groups in total. The van der Waals surface area contributed by atoms with Crippen LogP contribution in [0.2, 0.25) is 0 Å². The quantitative estimate of drug-likeness (QED) is 0.220. The molecule has 0 amide bonds. The SMILES string of the molecule is Cc1ccc2c(oc3ccccc32)c1-c1n(-c2ccc3c(c2)sc2ccccc23)c2ccccc2[n+]1C. The number of nitrogens with zero attached hydrogens (tertiary/aromatic N) is 2. The van der Waals surface area contributed by atoms with Crippen LogP contribution in [0.3, 0.4) is 0 Å². The predicted molar refractivity (Wildman–Crippen MR) is 155 cm³/mol. The average Bonchev–Trinajstić information content (AvgIpc) is 3.58. The zero-order valence-electron chi connectivity index (χ0n) is 20.5. The molecule has 3 aromatic heterocycles. The summed E-state index contributed by atoms with van der Waals surface area (Å²) >= 11 is 1.85. The maximum Gasteiger partial charge on any atom is 0.298 e. The molecule has 0 saturated carbocycles. The Balaban J connectivity index is 1.50. The molecule has 0 atom stereocenters. The van der Waals surface area contributed by atoms with Gasteiger partial charge in [-0.1, -0.05) is 60.7 Å². The van der Waals surface area contributed by atoms with Crippen LogP contribution in [-0.4, -0.2) is 4.57 Å². The summed E-state index contributed by atoms with van der Waals surface area (Å²) < 4.78 is 13.9. The van der Waals surface area contributed by atoms with Crippen molar-refractivity contribution in [2.75, 3.05) is 0 Å². The van der Waals surface area contributed by atoms with Gasteiger partial charge in [0.25, 0.3) is 5.82 Å². The fourth-order valence-corrected chi connectivity index (χ4v) is 7.01. The zero-order valence-corrected chi connectivity index (χ0v) is 21.3. The fourth-order valence-electron chi connectivity index (χ4n) is 5.87. The van der Waals surface area contributed by atoms with Crippen LogP contribution < -0.4 is 4.57 Å². The summed E-state index contributed by atoms with van der Waals surface area (Å²) in [5, 5.41) is 4.92. The summed E-state index contributed by atoms with van der Waals surface area (Å²) in [5.74, 6) is 1.11. The van der Waals surface area contributed by atoms with E-state index in [4.69, 9.17) is 4.42 Å². The summed E-state index contributed by atoms with van der Waals surface area (Å²) in [6, 6.07) is 36.9. The molecule has 0 radical (unpaired) electrons. The highest BCUT2D eigenvalue weighted by Crippen LogP contribution is 2.40. The van der Waals surface area contributed by atoms with E-state index in [0.29, 0.717) is 0 Å². The van der Waals surface area contributed by atoms with E-state index in [9.17, 15) is 0 Å².